The number of benzene rings is 2. The Hall–Kier alpha value is -3.53. The molecule has 24 heavy (non-hydrogen) atoms. The standard InChI is InChI=1S/C17H13FN6/c18-15-4-2-1-3-13(15)10-20-17-23-16(11-21-24-17)22-14-7-5-12(9-19)6-8-14/h1-8,11H,10H2,(H2,20,22,23,24). The Morgan fingerprint density at radius 1 is 1.08 bits per heavy atom. The van der Waals surface area contributed by atoms with Gasteiger partial charge in [-0.15, -0.1) is 5.10 Å². The van der Waals surface area contributed by atoms with Gasteiger partial charge in [0.25, 0.3) is 0 Å². The molecule has 2 aromatic carbocycles. The lowest BCUT2D eigenvalue weighted by Crippen LogP contribution is -2.07. The van der Waals surface area contributed by atoms with Crippen LogP contribution in [-0.2, 0) is 6.54 Å². The Balaban J connectivity index is 1.67. The number of nitriles is 1. The fourth-order valence-corrected chi connectivity index (χ4v) is 2.03. The molecule has 0 amide bonds. The molecule has 3 rings (SSSR count). The van der Waals surface area contributed by atoms with Gasteiger partial charge in [0.15, 0.2) is 5.82 Å². The maximum Gasteiger partial charge on any atom is 0.244 e. The molecule has 0 aliphatic heterocycles. The Bertz CT molecular complexity index is 873. The van der Waals surface area contributed by atoms with E-state index in [4.69, 9.17) is 5.26 Å². The monoisotopic (exact) mass is 320 g/mol. The van der Waals surface area contributed by atoms with Gasteiger partial charge in [-0.05, 0) is 30.3 Å². The highest BCUT2D eigenvalue weighted by Gasteiger charge is 2.04. The number of hydrogen-bond acceptors (Lipinski definition) is 6. The predicted molar refractivity (Wildman–Crippen MR) is 88.0 cm³/mol. The molecule has 0 spiro atoms. The summed E-state index contributed by atoms with van der Waals surface area (Å²) < 4.78 is 13.6. The first-order valence-electron chi connectivity index (χ1n) is 7.19. The molecule has 118 valence electrons. The van der Waals surface area contributed by atoms with Crippen molar-refractivity contribution >= 4 is 17.5 Å². The Morgan fingerprint density at radius 2 is 1.88 bits per heavy atom. The highest BCUT2D eigenvalue weighted by Crippen LogP contribution is 2.15. The minimum Gasteiger partial charge on any atom is -0.349 e. The molecule has 0 unspecified atom stereocenters. The summed E-state index contributed by atoms with van der Waals surface area (Å²) in [6.45, 7) is 0.259. The van der Waals surface area contributed by atoms with Crippen LogP contribution in [0.2, 0.25) is 0 Å². The lowest BCUT2D eigenvalue weighted by molar-refractivity contribution is 0.612. The molecule has 0 aliphatic rings. The summed E-state index contributed by atoms with van der Waals surface area (Å²) in [7, 11) is 0. The largest absolute Gasteiger partial charge is 0.349 e. The zero-order chi connectivity index (χ0) is 16.8. The maximum absolute atomic E-state index is 13.6. The smallest absolute Gasteiger partial charge is 0.244 e. The molecule has 0 atom stereocenters. The normalized spacial score (nSPS) is 10.0. The van der Waals surface area contributed by atoms with Gasteiger partial charge >= 0.3 is 0 Å². The molecule has 0 saturated carbocycles. The van der Waals surface area contributed by atoms with E-state index in [-0.39, 0.29) is 18.3 Å². The van der Waals surface area contributed by atoms with Crippen molar-refractivity contribution in [2.45, 2.75) is 6.54 Å². The molecule has 3 aromatic rings. The molecular weight excluding hydrogens is 307 g/mol. The molecule has 0 bridgehead atoms. The van der Waals surface area contributed by atoms with Crippen LogP contribution in [0.5, 0.6) is 0 Å². The van der Waals surface area contributed by atoms with Gasteiger partial charge in [0.1, 0.15) is 5.82 Å². The highest BCUT2D eigenvalue weighted by molar-refractivity contribution is 5.57. The third-order valence-electron chi connectivity index (χ3n) is 3.24. The van der Waals surface area contributed by atoms with Gasteiger partial charge in [-0.2, -0.15) is 15.3 Å². The van der Waals surface area contributed by atoms with Gasteiger partial charge in [0.05, 0.1) is 17.8 Å². The highest BCUT2D eigenvalue weighted by atomic mass is 19.1. The van der Waals surface area contributed by atoms with E-state index in [9.17, 15) is 4.39 Å². The van der Waals surface area contributed by atoms with Gasteiger partial charge in [-0.25, -0.2) is 4.39 Å². The van der Waals surface area contributed by atoms with Crippen molar-refractivity contribution in [3.8, 4) is 6.07 Å². The zero-order valence-corrected chi connectivity index (χ0v) is 12.6. The Labute approximate surface area is 138 Å². The predicted octanol–water partition coefficient (Wildman–Crippen LogP) is 3.24. The fraction of sp³-hybridized carbons (Fsp3) is 0.0588. The van der Waals surface area contributed by atoms with E-state index in [1.807, 2.05) is 0 Å². The molecule has 2 N–H and O–H groups in total. The molecule has 1 heterocycles. The zero-order valence-electron chi connectivity index (χ0n) is 12.6. The molecule has 0 fully saturated rings. The van der Waals surface area contributed by atoms with Crippen LogP contribution in [0.1, 0.15) is 11.1 Å². The quantitative estimate of drug-likeness (QED) is 0.750. The Morgan fingerprint density at radius 3 is 2.62 bits per heavy atom. The topological polar surface area (TPSA) is 86.5 Å². The summed E-state index contributed by atoms with van der Waals surface area (Å²) in [5.41, 5.74) is 1.87. The van der Waals surface area contributed by atoms with Crippen LogP contribution in [0.4, 0.5) is 21.8 Å². The van der Waals surface area contributed by atoms with Crippen LogP contribution in [-0.4, -0.2) is 15.2 Å². The molecule has 0 radical (unpaired) electrons. The lowest BCUT2D eigenvalue weighted by atomic mass is 10.2. The van der Waals surface area contributed by atoms with Crippen LogP contribution in [0.3, 0.4) is 0 Å². The number of nitrogens with one attached hydrogen (secondary N) is 2. The molecule has 6 nitrogen and oxygen atoms in total. The first kappa shape index (κ1) is 15.4. The summed E-state index contributed by atoms with van der Waals surface area (Å²) in [4.78, 5) is 4.27. The second-order valence-electron chi connectivity index (χ2n) is 4.92. The van der Waals surface area contributed by atoms with Crippen molar-refractivity contribution in [1.29, 1.82) is 5.26 Å². The van der Waals surface area contributed by atoms with Gasteiger partial charge < -0.3 is 10.6 Å². The third kappa shape index (κ3) is 3.81. The van der Waals surface area contributed by atoms with E-state index in [1.54, 1.807) is 42.5 Å². The minimum atomic E-state index is -0.287. The van der Waals surface area contributed by atoms with Gasteiger partial charge in [-0.3, -0.25) is 0 Å². The second-order valence-corrected chi connectivity index (χ2v) is 4.92. The van der Waals surface area contributed by atoms with E-state index in [0.29, 0.717) is 16.9 Å². The maximum atomic E-state index is 13.6. The molecule has 0 aliphatic carbocycles. The number of aromatic nitrogens is 3. The number of hydrogen-bond donors (Lipinski definition) is 2. The second kappa shape index (κ2) is 7.15. The van der Waals surface area contributed by atoms with E-state index in [0.717, 1.165) is 5.69 Å². The van der Waals surface area contributed by atoms with Crippen LogP contribution >= 0.6 is 0 Å². The van der Waals surface area contributed by atoms with Crippen molar-refractivity contribution in [2.24, 2.45) is 0 Å². The average molecular weight is 320 g/mol. The molecule has 7 heteroatoms. The van der Waals surface area contributed by atoms with Gasteiger partial charge in [0, 0.05) is 17.8 Å². The molecule has 1 aromatic heterocycles. The number of halogens is 1. The first-order chi connectivity index (χ1) is 11.7. The van der Waals surface area contributed by atoms with Crippen molar-refractivity contribution in [3.63, 3.8) is 0 Å². The minimum absolute atomic E-state index is 0.259. The SMILES string of the molecule is N#Cc1ccc(Nc2cnnc(NCc3ccccc3F)n2)cc1. The van der Waals surface area contributed by atoms with Crippen LogP contribution in [0, 0.1) is 17.1 Å². The van der Waals surface area contributed by atoms with E-state index in [2.05, 4.69) is 31.9 Å². The average Bonchev–Trinajstić information content (AvgIpc) is 2.62. The molecular formula is C17H13FN6. The van der Waals surface area contributed by atoms with E-state index < -0.39 is 0 Å². The number of rotatable bonds is 5. The van der Waals surface area contributed by atoms with Crippen LogP contribution < -0.4 is 10.6 Å². The van der Waals surface area contributed by atoms with Gasteiger partial charge in [-0.1, -0.05) is 18.2 Å². The van der Waals surface area contributed by atoms with E-state index in [1.165, 1.54) is 12.3 Å². The number of anilines is 3. The summed E-state index contributed by atoms with van der Waals surface area (Å²) in [5.74, 6) is 0.493. The van der Waals surface area contributed by atoms with Gasteiger partial charge in [0.2, 0.25) is 5.95 Å². The summed E-state index contributed by atoms with van der Waals surface area (Å²) in [6.07, 6.45) is 1.48. The van der Waals surface area contributed by atoms with Crippen molar-refractivity contribution < 1.29 is 4.39 Å². The molecule has 0 saturated heterocycles. The van der Waals surface area contributed by atoms with Crippen molar-refractivity contribution in [2.75, 3.05) is 10.6 Å². The van der Waals surface area contributed by atoms with Crippen LogP contribution in [0.25, 0.3) is 0 Å². The van der Waals surface area contributed by atoms with Crippen LogP contribution in [0.15, 0.2) is 54.7 Å². The summed E-state index contributed by atoms with van der Waals surface area (Å²) in [6, 6.07) is 15.5. The third-order valence-corrected chi connectivity index (χ3v) is 3.24. The summed E-state index contributed by atoms with van der Waals surface area (Å²) in [5, 5.41) is 22.5. The van der Waals surface area contributed by atoms with Crippen molar-refractivity contribution in [1.82, 2.24) is 15.2 Å². The Kier molecular flexibility index (Phi) is 4.58. The lowest BCUT2D eigenvalue weighted by Gasteiger charge is -2.08. The first-order valence-corrected chi connectivity index (χ1v) is 7.19. The van der Waals surface area contributed by atoms with Crippen molar-refractivity contribution in [3.05, 3.63) is 71.7 Å². The number of nitrogens with zero attached hydrogens (tertiary/aromatic N) is 4. The fourth-order valence-electron chi connectivity index (χ4n) is 2.03. The van der Waals surface area contributed by atoms with E-state index >= 15 is 0 Å². The summed E-state index contributed by atoms with van der Waals surface area (Å²) >= 11 is 0.